The van der Waals surface area contributed by atoms with Gasteiger partial charge in [0.25, 0.3) is 0 Å². The van der Waals surface area contributed by atoms with Gasteiger partial charge in [-0.3, -0.25) is 0 Å². The number of rotatable bonds is 1. The van der Waals surface area contributed by atoms with Crippen LogP contribution in [0.25, 0.3) is 69.6 Å². The maximum Gasteiger partial charge on any atom is 0.0594 e. The Morgan fingerprint density at radius 1 is 0.590 bits per heavy atom. The van der Waals surface area contributed by atoms with Gasteiger partial charge in [0.1, 0.15) is 0 Å². The monoisotopic (exact) mass is 515 g/mol. The Balaban J connectivity index is 1.53. The van der Waals surface area contributed by atoms with E-state index in [2.05, 4.69) is 134 Å². The van der Waals surface area contributed by atoms with Gasteiger partial charge in [-0.1, -0.05) is 98.8 Å². The largest absolute Gasteiger partial charge is 0.309 e. The highest BCUT2D eigenvalue weighted by molar-refractivity contribution is 7.25. The molecule has 39 heavy (non-hydrogen) atoms. The average Bonchev–Trinajstić information content (AvgIpc) is 3.59. The van der Waals surface area contributed by atoms with Crippen LogP contribution in [0.5, 0.6) is 0 Å². The first-order valence-electron chi connectivity index (χ1n) is 13.6. The van der Waals surface area contributed by atoms with E-state index in [1.165, 1.54) is 80.7 Å². The van der Waals surface area contributed by atoms with Gasteiger partial charge in [-0.25, -0.2) is 0 Å². The molecule has 0 amide bonds. The summed E-state index contributed by atoms with van der Waals surface area (Å²) in [6.45, 7) is 4.81. The van der Waals surface area contributed by atoms with E-state index in [0.717, 1.165) is 0 Å². The molecule has 1 nitrogen and oxygen atoms in total. The Morgan fingerprint density at radius 3 is 2.13 bits per heavy atom. The lowest BCUT2D eigenvalue weighted by atomic mass is 9.80. The number of para-hydroxylation sites is 1. The second-order valence-electron chi connectivity index (χ2n) is 11.3. The minimum atomic E-state index is -0.125. The van der Waals surface area contributed by atoms with E-state index < -0.39 is 0 Å². The second kappa shape index (κ2) is 7.37. The van der Waals surface area contributed by atoms with Crippen LogP contribution in [0.2, 0.25) is 0 Å². The van der Waals surface area contributed by atoms with Crippen molar-refractivity contribution in [2.45, 2.75) is 19.3 Å². The molecule has 1 aliphatic rings. The number of thiophene rings is 1. The molecule has 0 N–H and O–H groups in total. The standard InChI is InChI=1S/C37H25NS/c1-37(2)29-16-8-5-14-26(29)33-24-12-3-4-13-25(24)34-27-15-6-9-17-30(27)38(36(34)35(33)37)22-19-20-32-28(21-22)23-11-7-10-18-31(23)39-32/h3-21H,1-2H3. The molecule has 0 spiro atoms. The molecule has 2 heterocycles. The van der Waals surface area contributed by atoms with E-state index in [1.54, 1.807) is 0 Å². The first kappa shape index (κ1) is 21.5. The third-order valence-corrected chi connectivity index (χ3v) is 10.1. The molecule has 9 rings (SSSR count). The minimum absolute atomic E-state index is 0.125. The summed E-state index contributed by atoms with van der Waals surface area (Å²) in [5.74, 6) is 0. The summed E-state index contributed by atoms with van der Waals surface area (Å²) in [5.41, 5.74) is 9.30. The zero-order chi connectivity index (χ0) is 25.9. The predicted octanol–water partition coefficient (Wildman–Crippen LogP) is 10.6. The summed E-state index contributed by atoms with van der Waals surface area (Å²) in [6, 6.07) is 42.8. The van der Waals surface area contributed by atoms with Crippen LogP contribution in [0.3, 0.4) is 0 Å². The second-order valence-corrected chi connectivity index (χ2v) is 12.4. The highest BCUT2D eigenvalue weighted by atomic mass is 32.1. The third-order valence-electron chi connectivity index (χ3n) is 8.94. The van der Waals surface area contributed by atoms with E-state index in [4.69, 9.17) is 0 Å². The normalized spacial score (nSPS) is 14.1. The average molecular weight is 516 g/mol. The number of benzene rings is 6. The molecular weight excluding hydrogens is 490 g/mol. The molecule has 6 aromatic carbocycles. The fraction of sp³-hybridized carbons (Fsp3) is 0.0811. The summed E-state index contributed by atoms with van der Waals surface area (Å²) in [5, 5.41) is 8.02. The van der Waals surface area contributed by atoms with Crippen molar-refractivity contribution < 1.29 is 0 Å². The van der Waals surface area contributed by atoms with Crippen molar-refractivity contribution >= 4 is 64.1 Å². The number of hydrogen-bond donors (Lipinski definition) is 0. The van der Waals surface area contributed by atoms with Crippen LogP contribution in [0.15, 0.2) is 115 Å². The Labute approximate surface area is 230 Å². The van der Waals surface area contributed by atoms with E-state index in [0.29, 0.717) is 0 Å². The van der Waals surface area contributed by atoms with Gasteiger partial charge in [-0.05, 0) is 63.4 Å². The van der Waals surface area contributed by atoms with Crippen molar-refractivity contribution in [3.63, 3.8) is 0 Å². The number of fused-ring (bicyclic) bond motifs is 13. The quantitative estimate of drug-likeness (QED) is 0.205. The molecule has 0 bridgehead atoms. The van der Waals surface area contributed by atoms with Crippen LogP contribution in [0.1, 0.15) is 25.0 Å². The van der Waals surface area contributed by atoms with Gasteiger partial charge in [0.15, 0.2) is 0 Å². The molecule has 2 aromatic heterocycles. The fourth-order valence-corrected chi connectivity index (χ4v) is 8.40. The molecule has 2 heteroatoms. The molecule has 0 fully saturated rings. The zero-order valence-corrected chi connectivity index (χ0v) is 22.6. The molecule has 0 radical (unpaired) electrons. The van der Waals surface area contributed by atoms with Crippen molar-refractivity contribution in [1.82, 2.24) is 4.57 Å². The molecule has 0 saturated carbocycles. The van der Waals surface area contributed by atoms with Crippen LogP contribution < -0.4 is 0 Å². The van der Waals surface area contributed by atoms with Crippen molar-refractivity contribution in [1.29, 1.82) is 0 Å². The smallest absolute Gasteiger partial charge is 0.0594 e. The number of aromatic nitrogens is 1. The molecule has 1 aliphatic carbocycles. The van der Waals surface area contributed by atoms with Gasteiger partial charge >= 0.3 is 0 Å². The van der Waals surface area contributed by atoms with Crippen LogP contribution in [-0.2, 0) is 5.41 Å². The summed E-state index contributed by atoms with van der Waals surface area (Å²) in [4.78, 5) is 0. The SMILES string of the molecule is CC1(C)c2ccccc2-c2c1c1c(c3ccccc23)c2ccccc2n1-c1ccc2sc3ccccc3c2c1. The minimum Gasteiger partial charge on any atom is -0.309 e. The van der Waals surface area contributed by atoms with Gasteiger partial charge in [0, 0.05) is 42.0 Å². The van der Waals surface area contributed by atoms with Crippen LogP contribution in [0, 0.1) is 0 Å². The summed E-state index contributed by atoms with van der Waals surface area (Å²) < 4.78 is 5.23. The Bertz CT molecular complexity index is 2310. The Kier molecular flexibility index (Phi) is 4.07. The fourth-order valence-electron chi connectivity index (χ4n) is 7.31. The molecule has 184 valence electrons. The highest BCUT2D eigenvalue weighted by Gasteiger charge is 2.40. The first-order chi connectivity index (χ1) is 19.1. The highest BCUT2D eigenvalue weighted by Crippen LogP contribution is 2.56. The molecule has 0 saturated heterocycles. The van der Waals surface area contributed by atoms with E-state index in [-0.39, 0.29) is 5.41 Å². The Hall–Kier alpha value is -4.40. The molecule has 8 aromatic rings. The van der Waals surface area contributed by atoms with E-state index in [1.807, 2.05) is 11.3 Å². The van der Waals surface area contributed by atoms with Crippen LogP contribution >= 0.6 is 11.3 Å². The molecular formula is C37H25NS. The number of hydrogen-bond acceptors (Lipinski definition) is 1. The number of nitrogens with zero attached hydrogens (tertiary/aromatic N) is 1. The lowest BCUT2D eigenvalue weighted by Gasteiger charge is -2.24. The molecule has 0 atom stereocenters. The van der Waals surface area contributed by atoms with Crippen molar-refractivity contribution in [2.75, 3.05) is 0 Å². The predicted molar refractivity (Wildman–Crippen MR) is 169 cm³/mol. The van der Waals surface area contributed by atoms with Crippen molar-refractivity contribution in [2.24, 2.45) is 0 Å². The van der Waals surface area contributed by atoms with Crippen LogP contribution in [-0.4, -0.2) is 4.57 Å². The molecule has 0 aliphatic heterocycles. The lowest BCUT2D eigenvalue weighted by Crippen LogP contribution is -2.16. The van der Waals surface area contributed by atoms with Gasteiger partial charge in [-0.15, -0.1) is 11.3 Å². The van der Waals surface area contributed by atoms with E-state index >= 15 is 0 Å². The van der Waals surface area contributed by atoms with Crippen molar-refractivity contribution in [3.8, 4) is 16.8 Å². The zero-order valence-electron chi connectivity index (χ0n) is 21.8. The first-order valence-corrected chi connectivity index (χ1v) is 14.4. The van der Waals surface area contributed by atoms with Gasteiger partial charge < -0.3 is 4.57 Å². The lowest BCUT2D eigenvalue weighted by molar-refractivity contribution is 0.664. The van der Waals surface area contributed by atoms with Crippen molar-refractivity contribution in [3.05, 3.63) is 126 Å². The van der Waals surface area contributed by atoms with Gasteiger partial charge in [0.05, 0.1) is 11.0 Å². The van der Waals surface area contributed by atoms with Gasteiger partial charge in [-0.2, -0.15) is 0 Å². The summed E-state index contributed by atoms with van der Waals surface area (Å²) in [6.07, 6.45) is 0. The van der Waals surface area contributed by atoms with Crippen LogP contribution in [0.4, 0.5) is 0 Å². The molecule has 0 unspecified atom stereocenters. The van der Waals surface area contributed by atoms with Gasteiger partial charge in [0.2, 0.25) is 0 Å². The maximum atomic E-state index is 2.55. The van der Waals surface area contributed by atoms with E-state index in [9.17, 15) is 0 Å². The summed E-state index contributed by atoms with van der Waals surface area (Å²) in [7, 11) is 0. The maximum absolute atomic E-state index is 2.55. The Morgan fingerprint density at radius 2 is 1.26 bits per heavy atom. The summed E-state index contributed by atoms with van der Waals surface area (Å²) >= 11 is 1.88. The topological polar surface area (TPSA) is 4.93 Å². The third kappa shape index (κ3) is 2.65.